The summed E-state index contributed by atoms with van der Waals surface area (Å²) < 4.78 is 0. The summed E-state index contributed by atoms with van der Waals surface area (Å²) in [7, 11) is 0. The standard InChI is InChI=1S/C18H20N6O2/c1-2-15(25)24-8-7-12(10-24)19-16-13-6-4-3-5-11(13)9-14(20-16)17-21-18(26)23-22-17/h2-6,9,12,17,22H,1,7-8,10H2,(H,19,20)(H2,21,23,26)/t12-,17?/m0/s1. The van der Waals surface area contributed by atoms with Crippen LogP contribution in [-0.4, -0.2) is 41.0 Å². The van der Waals surface area contributed by atoms with Crippen molar-refractivity contribution in [3.63, 3.8) is 0 Å². The van der Waals surface area contributed by atoms with Crippen LogP contribution in [-0.2, 0) is 4.79 Å². The van der Waals surface area contributed by atoms with Crippen molar-refractivity contribution in [1.82, 2.24) is 26.1 Å². The van der Waals surface area contributed by atoms with E-state index in [0.29, 0.717) is 18.8 Å². The third kappa shape index (κ3) is 3.06. The lowest BCUT2D eigenvalue weighted by Gasteiger charge is -2.19. The smallest absolute Gasteiger partial charge is 0.330 e. The van der Waals surface area contributed by atoms with Gasteiger partial charge in [-0.05, 0) is 23.9 Å². The van der Waals surface area contributed by atoms with E-state index >= 15 is 0 Å². The van der Waals surface area contributed by atoms with Crippen LogP contribution in [0.2, 0.25) is 0 Å². The number of nitrogens with zero attached hydrogens (tertiary/aromatic N) is 2. The number of benzene rings is 1. The lowest BCUT2D eigenvalue weighted by atomic mass is 10.1. The van der Waals surface area contributed by atoms with Gasteiger partial charge < -0.3 is 15.5 Å². The van der Waals surface area contributed by atoms with Gasteiger partial charge in [0.15, 0.2) is 0 Å². The number of fused-ring (bicyclic) bond motifs is 1. The third-order valence-electron chi connectivity index (χ3n) is 4.68. The molecule has 2 fully saturated rings. The Morgan fingerprint density at radius 3 is 3.00 bits per heavy atom. The fourth-order valence-electron chi connectivity index (χ4n) is 3.37. The summed E-state index contributed by atoms with van der Waals surface area (Å²) in [6, 6.07) is 9.74. The van der Waals surface area contributed by atoms with Gasteiger partial charge in [-0.1, -0.05) is 30.8 Å². The second kappa shape index (κ2) is 6.64. The van der Waals surface area contributed by atoms with E-state index in [9.17, 15) is 9.59 Å². The zero-order chi connectivity index (χ0) is 18.1. The SMILES string of the molecule is C=CC(=O)N1CC[C@H](Nc2nc(C3NNC(=O)N3)cc3ccccc23)C1. The Morgan fingerprint density at radius 1 is 1.38 bits per heavy atom. The van der Waals surface area contributed by atoms with E-state index in [2.05, 4.69) is 28.1 Å². The summed E-state index contributed by atoms with van der Waals surface area (Å²) in [5.41, 5.74) is 6.10. The number of rotatable bonds is 4. The summed E-state index contributed by atoms with van der Waals surface area (Å²) in [6.07, 6.45) is 1.80. The number of pyridine rings is 1. The van der Waals surface area contributed by atoms with E-state index in [0.717, 1.165) is 23.0 Å². The molecule has 0 bridgehead atoms. The highest BCUT2D eigenvalue weighted by molar-refractivity contribution is 5.92. The summed E-state index contributed by atoms with van der Waals surface area (Å²) in [6.45, 7) is 4.86. The van der Waals surface area contributed by atoms with E-state index in [4.69, 9.17) is 4.98 Å². The highest BCUT2D eigenvalue weighted by atomic mass is 16.2. The number of hydrazine groups is 1. The van der Waals surface area contributed by atoms with Gasteiger partial charge in [0, 0.05) is 24.5 Å². The zero-order valence-electron chi connectivity index (χ0n) is 14.2. The lowest BCUT2D eigenvalue weighted by Crippen LogP contribution is -2.30. The molecule has 0 aliphatic carbocycles. The van der Waals surface area contributed by atoms with Crippen molar-refractivity contribution in [1.29, 1.82) is 0 Å². The van der Waals surface area contributed by atoms with Gasteiger partial charge in [0.25, 0.3) is 0 Å². The van der Waals surface area contributed by atoms with Crippen LogP contribution in [0.1, 0.15) is 18.3 Å². The molecule has 2 aromatic rings. The van der Waals surface area contributed by atoms with Gasteiger partial charge in [0.05, 0.1) is 5.69 Å². The van der Waals surface area contributed by atoms with Crippen molar-refractivity contribution in [2.75, 3.05) is 18.4 Å². The molecule has 2 atom stereocenters. The molecule has 2 saturated heterocycles. The topological polar surface area (TPSA) is 98.4 Å². The minimum Gasteiger partial charge on any atom is -0.365 e. The van der Waals surface area contributed by atoms with E-state index in [1.165, 1.54) is 6.08 Å². The second-order valence-corrected chi connectivity index (χ2v) is 6.41. The number of aromatic nitrogens is 1. The van der Waals surface area contributed by atoms with E-state index in [1.54, 1.807) is 4.90 Å². The largest absolute Gasteiger partial charge is 0.365 e. The van der Waals surface area contributed by atoms with Crippen LogP contribution in [0.3, 0.4) is 0 Å². The fourth-order valence-corrected chi connectivity index (χ4v) is 3.37. The van der Waals surface area contributed by atoms with Crippen LogP contribution in [0.5, 0.6) is 0 Å². The maximum Gasteiger partial charge on any atom is 0.330 e. The second-order valence-electron chi connectivity index (χ2n) is 6.41. The molecule has 8 heteroatoms. The normalized spacial score (nSPS) is 22.2. The van der Waals surface area contributed by atoms with E-state index < -0.39 is 6.17 Å². The monoisotopic (exact) mass is 352 g/mol. The Morgan fingerprint density at radius 2 is 2.23 bits per heavy atom. The maximum atomic E-state index is 11.8. The molecule has 134 valence electrons. The van der Waals surface area contributed by atoms with Crippen molar-refractivity contribution in [2.45, 2.75) is 18.6 Å². The first kappa shape index (κ1) is 16.3. The first-order chi connectivity index (χ1) is 12.6. The van der Waals surface area contributed by atoms with Crippen molar-refractivity contribution < 1.29 is 9.59 Å². The van der Waals surface area contributed by atoms with Gasteiger partial charge in [0.2, 0.25) is 5.91 Å². The number of hydrogen-bond acceptors (Lipinski definition) is 5. The number of carbonyl (C=O) groups excluding carboxylic acids is 2. The van der Waals surface area contributed by atoms with Gasteiger partial charge in [-0.25, -0.2) is 15.2 Å². The Bertz CT molecular complexity index is 883. The summed E-state index contributed by atoms with van der Waals surface area (Å²) in [4.78, 5) is 29.7. The first-order valence-electron chi connectivity index (χ1n) is 8.53. The van der Waals surface area contributed by atoms with Crippen molar-refractivity contribution in [3.8, 4) is 0 Å². The molecule has 3 heterocycles. The Hall–Kier alpha value is -3.13. The number of carbonyl (C=O) groups is 2. The minimum absolute atomic E-state index is 0.0511. The van der Waals surface area contributed by atoms with Crippen LogP contribution < -0.4 is 21.5 Å². The number of likely N-dealkylation sites (tertiary alicyclic amines) is 1. The highest BCUT2D eigenvalue weighted by Gasteiger charge is 2.27. The van der Waals surface area contributed by atoms with Gasteiger partial charge in [-0.2, -0.15) is 0 Å². The number of urea groups is 1. The summed E-state index contributed by atoms with van der Waals surface area (Å²) in [5, 5.41) is 8.27. The first-order valence-corrected chi connectivity index (χ1v) is 8.53. The number of nitrogens with one attached hydrogen (secondary N) is 4. The van der Waals surface area contributed by atoms with Crippen LogP contribution >= 0.6 is 0 Å². The van der Waals surface area contributed by atoms with E-state index in [1.807, 2.05) is 30.3 Å². The quantitative estimate of drug-likeness (QED) is 0.621. The van der Waals surface area contributed by atoms with Gasteiger partial charge in [0.1, 0.15) is 12.0 Å². The zero-order valence-corrected chi connectivity index (χ0v) is 14.2. The summed E-state index contributed by atoms with van der Waals surface area (Å²) in [5.74, 6) is 0.698. The molecular weight excluding hydrogens is 332 g/mol. The molecule has 0 saturated carbocycles. The lowest BCUT2D eigenvalue weighted by molar-refractivity contribution is -0.125. The van der Waals surface area contributed by atoms with Crippen molar-refractivity contribution in [3.05, 3.63) is 48.7 Å². The third-order valence-corrected chi connectivity index (χ3v) is 4.68. The minimum atomic E-state index is -0.393. The molecule has 3 amide bonds. The van der Waals surface area contributed by atoms with Crippen LogP contribution in [0.15, 0.2) is 43.0 Å². The predicted molar refractivity (Wildman–Crippen MR) is 98.1 cm³/mol. The molecule has 0 spiro atoms. The molecule has 4 N–H and O–H groups in total. The molecule has 4 rings (SSSR count). The molecule has 1 aromatic heterocycles. The van der Waals surface area contributed by atoms with E-state index in [-0.39, 0.29) is 18.0 Å². The maximum absolute atomic E-state index is 11.8. The Balaban J connectivity index is 1.62. The average molecular weight is 352 g/mol. The van der Waals surface area contributed by atoms with Gasteiger partial charge in [-0.3, -0.25) is 10.2 Å². The molecular formula is C18H20N6O2. The molecule has 26 heavy (non-hydrogen) atoms. The molecule has 8 nitrogen and oxygen atoms in total. The van der Waals surface area contributed by atoms with Gasteiger partial charge >= 0.3 is 6.03 Å². The molecule has 0 radical (unpaired) electrons. The number of anilines is 1. The Labute approximate surface area is 150 Å². The van der Waals surface area contributed by atoms with Crippen LogP contribution in [0.4, 0.5) is 10.6 Å². The van der Waals surface area contributed by atoms with Crippen LogP contribution in [0.25, 0.3) is 10.8 Å². The van der Waals surface area contributed by atoms with Crippen LogP contribution in [0, 0.1) is 0 Å². The Kier molecular flexibility index (Phi) is 4.18. The highest BCUT2D eigenvalue weighted by Crippen LogP contribution is 2.27. The predicted octanol–water partition coefficient (Wildman–Crippen LogP) is 1.25. The van der Waals surface area contributed by atoms with Crippen molar-refractivity contribution in [2.24, 2.45) is 0 Å². The molecule has 2 aliphatic rings. The summed E-state index contributed by atoms with van der Waals surface area (Å²) >= 11 is 0. The molecule has 2 aliphatic heterocycles. The molecule has 1 aromatic carbocycles. The average Bonchev–Trinajstić information content (AvgIpc) is 3.30. The number of hydrogen-bond donors (Lipinski definition) is 4. The number of amides is 3. The van der Waals surface area contributed by atoms with Crippen molar-refractivity contribution >= 4 is 28.5 Å². The fraction of sp³-hybridized carbons (Fsp3) is 0.278. The van der Waals surface area contributed by atoms with Gasteiger partial charge in [-0.15, -0.1) is 0 Å². The molecule has 1 unspecified atom stereocenters.